The van der Waals surface area contributed by atoms with E-state index >= 15 is 0 Å². The first-order chi connectivity index (χ1) is 9.72. The van der Waals surface area contributed by atoms with Crippen LogP contribution in [0.15, 0.2) is 42.7 Å². The summed E-state index contributed by atoms with van der Waals surface area (Å²) in [5.41, 5.74) is 4.25. The van der Waals surface area contributed by atoms with Gasteiger partial charge in [-0.25, -0.2) is 4.98 Å². The van der Waals surface area contributed by atoms with E-state index in [2.05, 4.69) is 40.8 Å². The fourth-order valence-electron chi connectivity index (χ4n) is 2.56. The number of benzene rings is 1. The molecule has 3 aromatic rings. The standard InChI is InChI=1S/C16H18N4/c1-11(2)20-15-8-9-18-10-14(15)19-16(20)12-6-4-5-7-13(12)17-3/h4-11,17H,1-3H3. The number of para-hydroxylation sites is 1. The van der Waals surface area contributed by atoms with Gasteiger partial charge >= 0.3 is 0 Å². The molecule has 3 rings (SSSR count). The van der Waals surface area contributed by atoms with Crippen molar-refractivity contribution in [3.8, 4) is 11.4 Å². The lowest BCUT2D eigenvalue weighted by molar-refractivity contribution is 0.624. The van der Waals surface area contributed by atoms with Crippen molar-refractivity contribution in [1.82, 2.24) is 14.5 Å². The molecule has 2 aromatic heterocycles. The number of hydrogen-bond acceptors (Lipinski definition) is 3. The van der Waals surface area contributed by atoms with Crippen LogP contribution in [0, 0.1) is 0 Å². The van der Waals surface area contributed by atoms with Crippen LogP contribution < -0.4 is 5.32 Å². The fraction of sp³-hybridized carbons (Fsp3) is 0.250. The molecule has 4 heteroatoms. The number of anilines is 1. The average Bonchev–Trinajstić information content (AvgIpc) is 2.86. The number of aromatic nitrogens is 3. The number of nitrogens with zero attached hydrogens (tertiary/aromatic N) is 3. The van der Waals surface area contributed by atoms with E-state index in [1.54, 1.807) is 0 Å². The molecular weight excluding hydrogens is 248 g/mol. The number of fused-ring (bicyclic) bond motifs is 1. The van der Waals surface area contributed by atoms with Crippen LogP contribution in [-0.2, 0) is 0 Å². The van der Waals surface area contributed by atoms with Crippen molar-refractivity contribution < 1.29 is 0 Å². The van der Waals surface area contributed by atoms with Crippen molar-refractivity contribution in [2.24, 2.45) is 0 Å². The molecule has 0 saturated heterocycles. The average molecular weight is 266 g/mol. The minimum absolute atomic E-state index is 0.335. The van der Waals surface area contributed by atoms with E-state index < -0.39 is 0 Å². The number of pyridine rings is 1. The molecule has 0 spiro atoms. The number of imidazole rings is 1. The van der Waals surface area contributed by atoms with Crippen molar-refractivity contribution >= 4 is 16.7 Å². The number of hydrogen-bond donors (Lipinski definition) is 1. The Balaban J connectivity index is 2.33. The summed E-state index contributed by atoms with van der Waals surface area (Å²) in [5, 5.41) is 3.24. The maximum Gasteiger partial charge on any atom is 0.143 e. The monoisotopic (exact) mass is 266 g/mol. The van der Waals surface area contributed by atoms with Crippen molar-refractivity contribution in [3.63, 3.8) is 0 Å². The minimum atomic E-state index is 0.335. The summed E-state index contributed by atoms with van der Waals surface area (Å²) in [7, 11) is 1.93. The molecule has 4 nitrogen and oxygen atoms in total. The fourth-order valence-corrected chi connectivity index (χ4v) is 2.56. The summed E-state index contributed by atoms with van der Waals surface area (Å²) >= 11 is 0. The minimum Gasteiger partial charge on any atom is -0.388 e. The van der Waals surface area contributed by atoms with E-state index in [-0.39, 0.29) is 0 Å². The first-order valence-corrected chi connectivity index (χ1v) is 6.81. The summed E-state index contributed by atoms with van der Waals surface area (Å²) in [6.45, 7) is 4.35. The molecule has 0 fully saturated rings. The highest BCUT2D eigenvalue weighted by molar-refractivity contribution is 5.83. The van der Waals surface area contributed by atoms with Crippen LogP contribution in [0.3, 0.4) is 0 Å². The lowest BCUT2D eigenvalue weighted by Crippen LogP contribution is -2.04. The Morgan fingerprint density at radius 2 is 1.95 bits per heavy atom. The molecular formula is C16H18N4. The Kier molecular flexibility index (Phi) is 3.14. The first-order valence-electron chi connectivity index (χ1n) is 6.81. The summed E-state index contributed by atoms with van der Waals surface area (Å²) < 4.78 is 2.26. The molecule has 0 atom stereocenters. The predicted octanol–water partition coefficient (Wildman–Crippen LogP) is 3.72. The highest BCUT2D eigenvalue weighted by Gasteiger charge is 2.16. The predicted molar refractivity (Wildman–Crippen MR) is 82.9 cm³/mol. The topological polar surface area (TPSA) is 42.7 Å². The van der Waals surface area contributed by atoms with Crippen LogP contribution in [0.1, 0.15) is 19.9 Å². The molecule has 0 bridgehead atoms. The normalized spacial score (nSPS) is 11.2. The van der Waals surface area contributed by atoms with Crippen molar-refractivity contribution in [2.45, 2.75) is 19.9 Å². The maximum absolute atomic E-state index is 4.77. The lowest BCUT2D eigenvalue weighted by atomic mass is 10.1. The molecule has 0 aliphatic carbocycles. The largest absolute Gasteiger partial charge is 0.388 e. The van der Waals surface area contributed by atoms with Crippen molar-refractivity contribution in [3.05, 3.63) is 42.7 Å². The second-order valence-corrected chi connectivity index (χ2v) is 5.06. The van der Waals surface area contributed by atoms with E-state index in [0.717, 1.165) is 28.1 Å². The van der Waals surface area contributed by atoms with Gasteiger partial charge in [-0.15, -0.1) is 0 Å². The summed E-state index contributed by atoms with van der Waals surface area (Å²) in [6, 6.07) is 10.6. The summed E-state index contributed by atoms with van der Waals surface area (Å²) in [5.74, 6) is 0.980. The Labute approximate surface area is 118 Å². The molecule has 0 unspecified atom stereocenters. The third-order valence-corrected chi connectivity index (χ3v) is 3.45. The van der Waals surface area contributed by atoms with Gasteiger partial charge in [-0.2, -0.15) is 0 Å². The highest BCUT2D eigenvalue weighted by atomic mass is 15.1. The molecule has 1 aromatic carbocycles. The van der Waals surface area contributed by atoms with E-state index in [9.17, 15) is 0 Å². The van der Waals surface area contributed by atoms with Gasteiger partial charge in [0.2, 0.25) is 0 Å². The van der Waals surface area contributed by atoms with Crippen LogP contribution >= 0.6 is 0 Å². The number of nitrogens with one attached hydrogen (secondary N) is 1. The summed E-state index contributed by atoms with van der Waals surface area (Å²) in [6.07, 6.45) is 3.64. The third-order valence-electron chi connectivity index (χ3n) is 3.45. The second-order valence-electron chi connectivity index (χ2n) is 5.06. The van der Waals surface area contributed by atoms with Gasteiger partial charge in [0.25, 0.3) is 0 Å². The Hall–Kier alpha value is -2.36. The molecule has 0 radical (unpaired) electrons. The van der Waals surface area contributed by atoms with E-state index in [1.807, 2.05) is 37.6 Å². The van der Waals surface area contributed by atoms with Crippen LogP contribution in [0.4, 0.5) is 5.69 Å². The molecule has 0 amide bonds. The number of rotatable bonds is 3. The van der Waals surface area contributed by atoms with Gasteiger partial charge in [0.15, 0.2) is 0 Å². The van der Waals surface area contributed by atoms with E-state index in [4.69, 9.17) is 4.98 Å². The van der Waals surface area contributed by atoms with Crippen LogP contribution in [0.2, 0.25) is 0 Å². The zero-order valence-electron chi connectivity index (χ0n) is 12.0. The van der Waals surface area contributed by atoms with Gasteiger partial charge in [-0.05, 0) is 32.0 Å². The zero-order valence-corrected chi connectivity index (χ0v) is 12.0. The molecule has 0 aliphatic rings. The van der Waals surface area contributed by atoms with Crippen molar-refractivity contribution in [2.75, 3.05) is 12.4 Å². The van der Waals surface area contributed by atoms with Crippen LogP contribution in [0.25, 0.3) is 22.4 Å². The van der Waals surface area contributed by atoms with Gasteiger partial charge in [-0.1, -0.05) is 12.1 Å². The molecule has 0 aliphatic heterocycles. The van der Waals surface area contributed by atoms with Crippen molar-refractivity contribution in [1.29, 1.82) is 0 Å². The Morgan fingerprint density at radius 1 is 1.15 bits per heavy atom. The van der Waals surface area contributed by atoms with Crippen LogP contribution in [0.5, 0.6) is 0 Å². The van der Waals surface area contributed by atoms with Gasteiger partial charge in [0.05, 0.1) is 11.7 Å². The summed E-state index contributed by atoms with van der Waals surface area (Å²) in [4.78, 5) is 8.94. The molecule has 1 N–H and O–H groups in total. The Bertz CT molecular complexity index is 743. The van der Waals surface area contributed by atoms with Gasteiger partial charge in [-0.3, -0.25) is 4.98 Å². The van der Waals surface area contributed by atoms with E-state index in [1.165, 1.54) is 0 Å². The molecule has 20 heavy (non-hydrogen) atoms. The van der Waals surface area contributed by atoms with Gasteiger partial charge in [0.1, 0.15) is 11.3 Å². The third kappa shape index (κ3) is 1.93. The smallest absolute Gasteiger partial charge is 0.143 e. The Morgan fingerprint density at radius 3 is 2.70 bits per heavy atom. The highest BCUT2D eigenvalue weighted by Crippen LogP contribution is 2.32. The SMILES string of the molecule is CNc1ccccc1-c1nc2cnccc2n1C(C)C. The molecule has 102 valence electrons. The lowest BCUT2D eigenvalue weighted by Gasteiger charge is -2.15. The first kappa shape index (κ1) is 12.7. The van der Waals surface area contributed by atoms with E-state index in [0.29, 0.717) is 6.04 Å². The maximum atomic E-state index is 4.77. The zero-order chi connectivity index (χ0) is 14.1. The van der Waals surface area contributed by atoms with Crippen LogP contribution in [-0.4, -0.2) is 21.6 Å². The molecule has 2 heterocycles. The quantitative estimate of drug-likeness (QED) is 0.785. The van der Waals surface area contributed by atoms with Gasteiger partial charge < -0.3 is 9.88 Å². The molecule has 0 saturated carbocycles. The second kappa shape index (κ2) is 4.96. The van der Waals surface area contributed by atoms with Gasteiger partial charge in [0, 0.05) is 30.5 Å².